The van der Waals surface area contributed by atoms with Crippen LogP contribution >= 0.6 is 11.8 Å². The zero-order valence-corrected chi connectivity index (χ0v) is 20.6. The van der Waals surface area contributed by atoms with E-state index in [9.17, 15) is 39.9 Å². The summed E-state index contributed by atoms with van der Waals surface area (Å²) in [5.74, 6) is -3.06. The molecule has 0 saturated carbocycles. The van der Waals surface area contributed by atoms with E-state index in [1.807, 2.05) is 0 Å². The molecule has 9 nitrogen and oxygen atoms in total. The highest BCUT2D eigenvalue weighted by atomic mass is 32.2. The van der Waals surface area contributed by atoms with Gasteiger partial charge in [0, 0.05) is 34.4 Å². The van der Waals surface area contributed by atoms with E-state index in [0.29, 0.717) is 5.57 Å². The number of ether oxygens (including phenoxy) is 1. The molecule has 0 bridgehead atoms. The van der Waals surface area contributed by atoms with Crippen LogP contribution in [0.5, 0.6) is 5.75 Å². The Hall–Kier alpha value is -2.60. The number of rotatable bonds is 2. The van der Waals surface area contributed by atoms with E-state index in [0.717, 1.165) is 17.8 Å². The molecule has 6 atom stereocenters. The van der Waals surface area contributed by atoms with Crippen molar-refractivity contribution in [2.24, 2.45) is 0 Å². The molecular weight excluding hydrogens is 488 g/mol. The molecule has 1 aromatic carbocycles. The van der Waals surface area contributed by atoms with Crippen LogP contribution in [0.4, 0.5) is 0 Å². The fraction of sp³-hybridized carbons (Fsp3) is 0.423. The zero-order valence-electron chi connectivity index (χ0n) is 19.8. The Labute approximate surface area is 210 Å². The lowest BCUT2D eigenvalue weighted by Crippen LogP contribution is -2.65. The van der Waals surface area contributed by atoms with Crippen LogP contribution in [0.25, 0.3) is 0 Å². The number of benzene rings is 1. The third kappa shape index (κ3) is 3.12. The molecule has 1 aromatic rings. The van der Waals surface area contributed by atoms with Gasteiger partial charge in [0.2, 0.25) is 0 Å². The molecule has 0 spiro atoms. The fourth-order valence-electron chi connectivity index (χ4n) is 5.74. The van der Waals surface area contributed by atoms with Gasteiger partial charge in [-0.2, -0.15) is 0 Å². The van der Waals surface area contributed by atoms with Gasteiger partial charge in [-0.05, 0) is 38.3 Å². The molecule has 6 unspecified atom stereocenters. The van der Waals surface area contributed by atoms with Crippen LogP contribution in [-0.4, -0.2) is 78.7 Å². The van der Waals surface area contributed by atoms with Gasteiger partial charge in [-0.25, -0.2) is 0 Å². The third-order valence-corrected chi connectivity index (χ3v) is 8.51. The third-order valence-electron chi connectivity index (χ3n) is 7.61. The normalized spacial score (nSPS) is 36.1. The molecule has 0 amide bonds. The highest BCUT2D eigenvalue weighted by Gasteiger charge is 2.65. The van der Waals surface area contributed by atoms with Gasteiger partial charge in [0.15, 0.2) is 23.0 Å². The number of carbonyl (C=O) groups is 3. The van der Waals surface area contributed by atoms with E-state index in [1.165, 1.54) is 18.2 Å². The Morgan fingerprint density at radius 3 is 2.42 bits per heavy atom. The van der Waals surface area contributed by atoms with Crippen LogP contribution in [0.15, 0.2) is 45.9 Å². The summed E-state index contributed by atoms with van der Waals surface area (Å²) in [6, 6.07) is 2.67. The minimum absolute atomic E-state index is 0.0442. The van der Waals surface area contributed by atoms with Gasteiger partial charge in [-0.15, -0.1) is 11.8 Å². The first-order chi connectivity index (χ1) is 16.9. The number of hydrogen-bond acceptors (Lipinski definition) is 10. The second kappa shape index (κ2) is 8.20. The van der Waals surface area contributed by atoms with Crippen molar-refractivity contribution in [3.05, 3.63) is 62.6 Å². The molecule has 10 heteroatoms. The summed E-state index contributed by atoms with van der Waals surface area (Å²) in [6.45, 7) is 3.20. The summed E-state index contributed by atoms with van der Waals surface area (Å²) >= 11 is 1.04. The summed E-state index contributed by atoms with van der Waals surface area (Å²) in [6.07, 6.45) is 0.103. The predicted molar refractivity (Wildman–Crippen MR) is 129 cm³/mol. The van der Waals surface area contributed by atoms with Gasteiger partial charge >= 0.3 is 0 Å². The molecular formula is C26H26O9S. The number of allylic oxidation sites excluding steroid dienone is 2. The average Bonchev–Trinajstić information content (AvgIpc) is 2.81. The van der Waals surface area contributed by atoms with Crippen molar-refractivity contribution in [1.29, 1.82) is 0 Å². The molecule has 0 aromatic heterocycles. The van der Waals surface area contributed by atoms with Crippen molar-refractivity contribution >= 4 is 29.1 Å². The van der Waals surface area contributed by atoms with Gasteiger partial charge in [0.1, 0.15) is 17.5 Å². The van der Waals surface area contributed by atoms with Crippen molar-refractivity contribution in [3.8, 4) is 5.75 Å². The SMILES string of the molecule is CSC1=CC2=C(C(=O)c3ccc(C4CC(O)C(O)C(C)O4)c(O)c3C2=O)C2(O)C(=O)C=C(C)CC12O. The lowest BCUT2D eigenvalue weighted by Gasteiger charge is -2.49. The Morgan fingerprint density at radius 2 is 1.78 bits per heavy atom. The van der Waals surface area contributed by atoms with Crippen LogP contribution in [0.1, 0.15) is 59.1 Å². The number of Topliss-reactive ketones (excluding diaryl/α,β-unsaturated/α-hetero) is 2. The number of carbonyl (C=O) groups excluding carboxylic acids is 3. The Kier molecular flexibility index (Phi) is 5.71. The van der Waals surface area contributed by atoms with E-state index in [1.54, 1.807) is 20.1 Å². The molecule has 190 valence electrons. The van der Waals surface area contributed by atoms with Gasteiger partial charge in [-0.1, -0.05) is 11.6 Å². The molecule has 5 N–H and O–H groups in total. The largest absolute Gasteiger partial charge is 0.507 e. The molecule has 1 saturated heterocycles. The second-order valence-electron chi connectivity index (χ2n) is 9.81. The summed E-state index contributed by atoms with van der Waals surface area (Å²) in [7, 11) is 0. The average molecular weight is 515 g/mol. The summed E-state index contributed by atoms with van der Waals surface area (Å²) in [5, 5.41) is 54.6. The van der Waals surface area contributed by atoms with E-state index in [-0.39, 0.29) is 40.0 Å². The number of aliphatic hydroxyl groups excluding tert-OH is 2. The summed E-state index contributed by atoms with van der Waals surface area (Å²) < 4.78 is 5.74. The number of phenols is 1. The molecule has 1 fully saturated rings. The number of aromatic hydroxyl groups is 1. The van der Waals surface area contributed by atoms with Crippen molar-refractivity contribution in [2.75, 3.05) is 6.26 Å². The van der Waals surface area contributed by atoms with Crippen molar-refractivity contribution in [1.82, 2.24) is 0 Å². The van der Waals surface area contributed by atoms with Gasteiger partial charge in [-0.3, -0.25) is 14.4 Å². The zero-order chi connectivity index (χ0) is 26.3. The standard InChI is InChI=1S/C26H26O9S/c1-10-6-17(28)26(34)20-14(7-18(36-3)25(26,33)9-10)23(31)19-13(24(20)32)5-4-12(22(19)30)16-8-15(27)21(29)11(2)35-16/h4-7,11,15-16,21,27,29-30,33-34H,8-9H2,1-3H3. The highest BCUT2D eigenvalue weighted by Crippen LogP contribution is 2.54. The van der Waals surface area contributed by atoms with Gasteiger partial charge < -0.3 is 30.3 Å². The smallest absolute Gasteiger partial charge is 0.198 e. The topological polar surface area (TPSA) is 162 Å². The van der Waals surface area contributed by atoms with Crippen LogP contribution < -0.4 is 0 Å². The lowest BCUT2D eigenvalue weighted by atomic mass is 9.60. The monoisotopic (exact) mass is 514 g/mol. The molecule has 36 heavy (non-hydrogen) atoms. The number of thioether (sulfide) groups is 1. The van der Waals surface area contributed by atoms with Gasteiger partial charge in [0.25, 0.3) is 0 Å². The second-order valence-corrected chi connectivity index (χ2v) is 10.7. The first-order valence-corrected chi connectivity index (χ1v) is 12.7. The quantitative estimate of drug-likeness (QED) is 0.389. The maximum absolute atomic E-state index is 13.7. The first-order valence-electron chi connectivity index (χ1n) is 11.5. The molecule has 3 aliphatic carbocycles. The number of hydrogen-bond donors (Lipinski definition) is 5. The Balaban J connectivity index is 1.68. The van der Waals surface area contributed by atoms with E-state index in [2.05, 4.69) is 0 Å². The highest BCUT2D eigenvalue weighted by molar-refractivity contribution is 8.02. The summed E-state index contributed by atoms with van der Waals surface area (Å²) in [4.78, 5) is 40.7. The molecule has 1 heterocycles. The summed E-state index contributed by atoms with van der Waals surface area (Å²) in [5.41, 5.74) is -5.44. The van der Waals surface area contributed by atoms with E-state index in [4.69, 9.17) is 4.74 Å². The minimum atomic E-state index is -2.67. The van der Waals surface area contributed by atoms with Gasteiger partial charge in [0.05, 0.1) is 29.4 Å². The van der Waals surface area contributed by atoms with E-state index >= 15 is 0 Å². The van der Waals surface area contributed by atoms with Crippen molar-refractivity contribution in [3.63, 3.8) is 0 Å². The predicted octanol–water partition coefficient (Wildman–Crippen LogP) is 1.28. The fourth-order valence-corrected chi connectivity index (χ4v) is 6.54. The first kappa shape index (κ1) is 25.1. The maximum atomic E-state index is 13.7. The molecule has 0 radical (unpaired) electrons. The molecule has 4 aliphatic rings. The number of ketones is 3. The number of phenolic OH excluding ortho intramolecular Hbond substituents is 1. The van der Waals surface area contributed by atoms with Crippen molar-refractivity contribution < 1.29 is 44.7 Å². The molecule has 1 aliphatic heterocycles. The van der Waals surface area contributed by atoms with Crippen LogP contribution in [-0.2, 0) is 9.53 Å². The van der Waals surface area contributed by atoms with E-state index < -0.39 is 64.3 Å². The van der Waals surface area contributed by atoms with Crippen molar-refractivity contribution in [2.45, 2.75) is 62.3 Å². The van der Waals surface area contributed by atoms with Crippen LogP contribution in [0.3, 0.4) is 0 Å². The number of fused-ring (bicyclic) bond motifs is 3. The lowest BCUT2D eigenvalue weighted by molar-refractivity contribution is -0.163. The number of aliphatic hydroxyl groups is 4. The Bertz CT molecular complexity index is 1310. The minimum Gasteiger partial charge on any atom is -0.507 e. The molecule has 5 rings (SSSR count). The Morgan fingerprint density at radius 1 is 1.08 bits per heavy atom. The van der Waals surface area contributed by atoms with Crippen LogP contribution in [0, 0.1) is 0 Å². The maximum Gasteiger partial charge on any atom is 0.198 e. The van der Waals surface area contributed by atoms with Crippen LogP contribution in [0.2, 0.25) is 0 Å².